The van der Waals surface area contributed by atoms with E-state index in [1.165, 1.54) is 18.3 Å². The Labute approximate surface area is 120 Å². The summed E-state index contributed by atoms with van der Waals surface area (Å²) < 4.78 is 10.2. The first-order valence-corrected chi connectivity index (χ1v) is 6.37. The molecule has 0 spiro atoms. The fourth-order valence-electron chi connectivity index (χ4n) is 1.80. The van der Waals surface area contributed by atoms with Crippen molar-refractivity contribution < 1.29 is 19.2 Å². The Morgan fingerprint density at radius 1 is 1.48 bits per heavy atom. The van der Waals surface area contributed by atoms with Gasteiger partial charge in [0.1, 0.15) is 0 Å². The molecule has 112 valence electrons. The Bertz CT molecular complexity index is 598. The number of nitrogens with zero attached hydrogens (tertiary/aromatic N) is 2. The monoisotopic (exact) mass is 293 g/mol. The van der Waals surface area contributed by atoms with Gasteiger partial charge < -0.3 is 9.47 Å². The first kappa shape index (κ1) is 14.8. The lowest BCUT2D eigenvalue weighted by Gasteiger charge is -2.03. The minimum Gasteiger partial charge on any atom is -0.454 e. The molecule has 0 aromatic heterocycles. The molecular weight excluding hydrogens is 278 g/mol. The zero-order valence-electron chi connectivity index (χ0n) is 11.7. The maximum atomic E-state index is 11.4. The number of carbonyl (C=O) groups excluding carboxylic acids is 1. The number of fused-ring (bicyclic) bond motifs is 1. The van der Waals surface area contributed by atoms with Gasteiger partial charge in [0, 0.05) is 6.42 Å². The van der Waals surface area contributed by atoms with Gasteiger partial charge in [0.2, 0.25) is 12.7 Å². The lowest BCUT2D eigenvalue weighted by atomic mass is 10.1. The molecule has 1 aliphatic rings. The third kappa shape index (κ3) is 3.68. The predicted octanol–water partition coefficient (Wildman–Crippen LogP) is 1.82. The topological polar surface area (TPSA) is 103 Å². The Kier molecular flexibility index (Phi) is 4.36. The highest BCUT2D eigenvalue weighted by Crippen LogP contribution is 2.37. The molecule has 21 heavy (non-hydrogen) atoms. The Morgan fingerprint density at radius 2 is 2.14 bits per heavy atom. The van der Waals surface area contributed by atoms with Crippen molar-refractivity contribution in [3.05, 3.63) is 27.8 Å². The van der Waals surface area contributed by atoms with E-state index in [0.717, 1.165) is 0 Å². The Balaban J connectivity index is 2.15. The maximum absolute atomic E-state index is 11.4. The molecule has 0 aliphatic carbocycles. The van der Waals surface area contributed by atoms with Crippen molar-refractivity contribution in [1.29, 1.82) is 0 Å². The number of benzene rings is 1. The van der Waals surface area contributed by atoms with Crippen molar-refractivity contribution in [3.63, 3.8) is 0 Å². The number of amides is 1. The van der Waals surface area contributed by atoms with Crippen molar-refractivity contribution in [3.8, 4) is 11.5 Å². The molecule has 0 atom stereocenters. The quantitative estimate of drug-likeness (QED) is 0.506. The molecule has 1 aromatic rings. The van der Waals surface area contributed by atoms with Crippen LogP contribution >= 0.6 is 0 Å². The number of nitro groups is 1. The summed E-state index contributed by atoms with van der Waals surface area (Å²) in [6.45, 7) is 3.84. The summed E-state index contributed by atoms with van der Waals surface area (Å²) in [5.74, 6) is 0.697. The highest BCUT2D eigenvalue weighted by atomic mass is 16.7. The van der Waals surface area contributed by atoms with Crippen LogP contribution in [-0.4, -0.2) is 23.8 Å². The fraction of sp³-hybridized carbons (Fsp3) is 0.385. The fourth-order valence-corrected chi connectivity index (χ4v) is 1.80. The van der Waals surface area contributed by atoms with Crippen LogP contribution in [-0.2, 0) is 4.79 Å². The number of carbonyl (C=O) groups is 1. The van der Waals surface area contributed by atoms with Crippen molar-refractivity contribution in [2.45, 2.75) is 20.3 Å². The lowest BCUT2D eigenvalue weighted by molar-refractivity contribution is -0.385. The van der Waals surface area contributed by atoms with Crippen LogP contribution in [0.4, 0.5) is 5.69 Å². The molecule has 8 heteroatoms. The molecule has 2 rings (SSSR count). The van der Waals surface area contributed by atoms with Crippen LogP contribution in [0.5, 0.6) is 11.5 Å². The van der Waals surface area contributed by atoms with Gasteiger partial charge in [0.25, 0.3) is 5.69 Å². The van der Waals surface area contributed by atoms with E-state index in [9.17, 15) is 14.9 Å². The minimum absolute atomic E-state index is 0.0260. The average Bonchev–Trinajstić information content (AvgIpc) is 2.83. The molecule has 0 saturated heterocycles. The highest BCUT2D eigenvalue weighted by molar-refractivity contribution is 5.88. The number of hydrazone groups is 1. The summed E-state index contributed by atoms with van der Waals surface area (Å²) in [6, 6.07) is 2.73. The van der Waals surface area contributed by atoms with E-state index in [1.54, 1.807) is 0 Å². The molecule has 0 radical (unpaired) electrons. The zero-order chi connectivity index (χ0) is 15.4. The SMILES string of the molecule is CC(C)CC(=O)NN=Cc1cc2c(cc1[N+](=O)[O-])OCO2. The number of rotatable bonds is 5. The third-order valence-corrected chi connectivity index (χ3v) is 2.71. The van der Waals surface area contributed by atoms with Gasteiger partial charge in [-0.15, -0.1) is 0 Å². The second kappa shape index (κ2) is 6.21. The van der Waals surface area contributed by atoms with Gasteiger partial charge in [-0.25, -0.2) is 5.43 Å². The van der Waals surface area contributed by atoms with Crippen LogP contribution < -0.4 is 14.9 Å². The number of nitro benzene ring substituents is 1. The molecule has 1 aromatic carbocycles. The molecule has 0 unspecified atom stereocenters. The first-order chi connectivity index (χ1) is 9.97. The number of nitrogens with one attached hydrogen (secondary N) is 1. The second-order valence-corrected chi connectivity index (χ2v) is 4.91. The summed E-state index contributed by atoms with van der Waals surface area (Å²) in [5, 5.41) is 14.8. The van der Waals surface area contributed by atoms with E-state index >= 15 is 0 Å². The van der Waals surface area contributed by atoms with E-state index in [-0.39, 0.29) is 29.9 Å². The van der Waals surface area contributed by atoms with Gasteiger partial charge in [-0.1, -0.05) is 13.8 Å². The molecule has 0 fully saturated rings. The van der Waals surface area contributed by atoms with Gasteiger partial charge in [0.15, 0.2) is 11.5 Å². The summed E-state index contributed by atoms with van der Waals surface area (Å²) in [6.07, 6.45) is 1.55. The lowest BCUT2D eigenvalue weighted by Crippen LogP contribution is -2.19. The first-order valence-electron chi connectivity index (χ1n) is 6.37. The van der Waals surface area contributed by atoms with Gasteiger partial charge in [-0.2, -0.15) is 5.10 Å². The minimum atomic E-state index is -0.542. The van der Waals surface area contributed by atoms with E-state index in [2.05, 4.69) is 10.5 Å². The summed E-state index contributed by atoms with van der Waals surface area (Å²) in [4.78, 5) is 21.9. The molecule has 0 bridgehead atoms. The average molecular weight is 293 g/mol. The third-order valence-electron chi connectivity index (χ3n) is 2.71. The van der Waals surface area contributed by atoms with E-state index < -0.39 is 4.92 Å². The molecule has 0 saturated carbocycles. The van der Waals surface area contributed by atoms with Gasteiger partial charge in [-0.3, -0.25) is 14.9 Å². The van der Waals surface area contributed by atoms with Crippen LogP contribution in [0.15, 0.2) is 17.2 Å². The van der Waals surface area contributed by atoms with Crippen molar-refractivity contribution in [1.82, 2.24) is 5.43 Å². The van der Waals surface area contributed by atoms with Crippen molar-refractivity contribution >= 4 is 17.8 Å². The van der Waals surface area contributed by atoms with E-state index in [1.807, 2.05) is 13.8 Å². The predicted molar refractivity (Wildman–Crippen MR) is 74.4 cm³/mol. The van der Waals surface area contributed by atoms with Gasteiger partial charge in [0.05, 0.1) is 22.8 Å². The normalized spacial score (nSPS) is 12.9. The van der Waals surface area contributed by atoms with Crippen LogP contribution in [0.1, 0.15) is 25.8 Å². The standard InChI is InChI=1S/C13H15N3O5/c1-8(2)3-13(17)15-14-6-9-4-11-12(21-7-20-11)5-10(9)16(18)19/h4-6,8H,3,7H2,1-2H3,(H,15,17). The Morgan fingerprint density at radius 3 is 2.76 bits per heavy atom. The van der Waals surface area contributed by atoms with Crippen LogP contribution in [0.25, 0.3) is 0 Å². The molecule has 8 nitrogen and oxygen atoms in total. The molecule has 1 N–H and O–H groups in total. The second-order valence-electron chi connectivity index (χ2n) is 4.91. The summed E-state index contributed by atoms with van der Waals surface area (Å²) in [7, 11) is 0. The van der Waals surface area contributed by atoms with Gasteiger partial charge >= 0.3 is 0 Å². The number of hydrogen-bond acceptors (Lipinski definition) is 6. The Hall–Kier alpha value is -2.64. The maximum Gasteiger partial charge on any atom is 0.282 e. The molecular formula is C13H15N3O5. The number of hydrogen-bond donors (Lipinski definition) is 1. The van der Waals surface area contributed by atoms with E-state index in [4.69, 9.17) is 9.47 Å². The molecule has 1 heterocycles. The van der Waals surface area contributed by atoms with Crippen molar-refractivity contribution in [2.24, 2.45) is 11.0 Å². The van der Waals surface area contributed by atoms with Crippen LogP contribution in [0.2, 0.25) is 0 Å². The highest BCUT2D eigenvalue weighted by Gasteiger charge is 2.22. The zero-order valence-corrected chi connectivity index (χ0v) is 11.7. The van der Waals surface area contributed by atoms with Crippen molar-refractivity contribution in [2.75, 3.05) is 6.79 Å². The number of ether oxygens (including phenoxy) is 2. The summed E-state index contributed by atoms with van der Waals surface area (Å²) >= 11 is 0. The van der Waals surface area contributed by atoms with Crippen LogP contribution in [0, 0.1) is 16.0 Å². The van der Waals surface area contributed by atoms with Gasteiger partial charge in [-0.05, 0) is 12.0 Å². The largest absolute Gasteiger partial charge is 0.454 e. The van der Waals surface area contributed by atoms with Crippen LogP contribution in [0.3, 0.4) is 0 Å². The smallest absolute Gasteiger partial charge is 0.282 e. The molecule has 1 amide bonds. The van der Waals surface area contributed by atoms with E-state index in [0.29, 0.717) is 17.9 Å². The molecule has 1 aliphatic heterocycles. The summed E-state index contributed by atoms with van der Waals surface area (Å²) in [5.41, 5.74) is 2.40.